The molecule has 2 aromatic carbocycles. The highest BCUT2D eigenvalue weighted by Gasteiger charge is 2.19. The molecule has 6 heteroatoms. The van der Waals surface area contributed by atoms with Crippen molar-refractivity contribution in [2.45, 2.75) is 20.3 Å². The molecule has 1 N–H and O–H groups in total. The Morgan fingerprint density at radius 2 is 1.92 bits per heavy atom. The van der Waals surface area contributed by atoms with E-state index in [1.54, 1.807) is 18.3 Å². The summed E-state index contributed by atoms with van der Waals surface area (Å²) in [4.78, 5) is 12.7. The van der Waals surface area contributed by atoms with E-state index in [4.69, 9.17) is 4.74 Å². The summed E-state index contributed by atoms with van der Waals surface area (Å²) >= 11 is 0. The summed E-state index contributed by atoms with van der Waals surface area (Å²) in [6, 6.07) is 13.4. The topological polar surface area (TPSA) is 56.2 Å². The normalized spacial score (nSPS) is 10.6. The van der Waals surface area contributed by atoms with Gasteiger partial charge in [0, 0.05) is 5.69 Å². The van der Waals surface area contributed by atoms with Crippen molar-refractivity contribution in [3.63, 3.8) is 0 Å². The molecule has 134 valence electrons. The molecule has 3 aromatic rings. The maximum absolute atomic E-state index is 13.1. The number of aromatic nitrogens is 2. The molecule has 0 spiro atoms. The van der Waals surface area contributed by atoms with Crippen LogP contribution in [0.5, 0.6) is 5.75 Å². The highest BCUT2D eigenvalue weighted by molar-refractivity contribution is 6.05. The molecular weight excluding hydrogens is 333 g/mol. The van der Waals surface area contributed by atoms with E-state index < -0.39 is 0 Å². The zero-order valence-electron chi connectivity index (χ0n) is 14.7. The van der Waals surface area contributed by atoms with Gasteiger partial charge in [0.2, 0.25) is 0 Å². The SMILES string of the molecule is CCCOc1cn(-c2ccc(F)cc2)nc1C(=O)Nc1ccccc1C. The lowest BCUT2D eigenvalue weighted by Crippen LogP contribution is -2.15. The van der Waals surface area contributed by atoms with Crippen molar-refractivity contribution in [3.05, 3.63) is 71.8 Å². The molecule has 0 aliphatic heterocycles. The zero-order valence-corrected chi connectivity index (χ0v) is 14.7. The number of para-hydroxylation sites is 1. The largest absolute Gasteiger partial charge is 0.489 e. The van der Waals surface area contributed by atoms with Crippen molar-refractivity contribution in [3.8, 4) is 11.4 Å². The van der Waals surface area contributed by atoms with E-state index in [9.17, 15) is 9.18 Å². The summed E-state index contributed by atoms with van der Waals surface area (Å²) in [5, 5.41) is 7.21. The lowest BCUT2D eigenvalue weighted by Gasteiger charge is -2.08. The van der Waals surface area contributed by atoms with Crippen LogP contribution in [0.15, 0.2) is 54.7 Å². The summed E-state index contributed by atoms with van der Waals surface area (Å²) in [7, 11) is 0. The molecule has 0 atom stereocenters. The van der Waals surface area contributed by atoms with Crippen LogP contribution in [0.2, 0.25) is 0 Å². The molecule has 0 radical (unpaired) electrons. The molecule has 0 aliphatic carbocycles. The van der Waals surface area contributed by atoms with Crippen molar-refractivity contribution in [2.24, 2.45) is 0 Å². The fourth-order valence-corrected chi connectivity index (χ4v) is 2.45. The van der Waals surface area contributed by atoms with Crippen molar-refractivity contribution in [1.82, 2.24) is 9.78 Å². The Bertz CT molecular complexity index is 904. The number of halogens is 1. The van der Waals surface area contributed by atoms with Gasteiger partial charge >= 0.3 is 0 Å². The van der Waals surface area contributed by atoms with Crippen molar-refractivity contribution >= 4 is 11.6 Å². The molecule has 5 nitrogen and oxygen atoms in total. The number of ether oxygens (including phenoxy) is 1. The molecule has 1 amide bonds. The number of hydrogen-bond acceptors (Lipinski definition) is 3. The number of carbonyl (C=O) groups excluding carboxylic acids is 1. The summed E-state index contributed by atoms with van der Waals surface area (Å²) in [5.41, 5.74) is 2.50. The highest BCUT2D eigenvalue weighted by atomic mass is 19.1. The Kier molecular flexibility index (Phi) is 5.31. The second kappa shape index (κ2) is 7.82. The molecule has 0 saturated carbocycles. The van der Waals surface area contributed by atoms with Gasteiger partial charge in [0.15, 0.2) is 11.4 Å². The van der Waals surface area contributed by atoms with E-state index in [1.165, 1.54) is 16.8 Å². The first-order valence-corrected chi connectivity index (χ1v) is 8.44. The Labute approximate surface area is 151 Å². The zero-order chi connectivity index (χ0) is 18.5. The molecule has 0 bridgehead atoms. The Morgan fingerprint density at radius 1 is 1.19 bits per heavy atom. The first-order valence-electron chi connectivity index (χ1n) is 8.44. The highest BCUT2D eigenvalue weighted by Crippen LogP contribution is 2.22. The van der Waals surface area contributed by atoms with Gasteiger partial charge in [-0.2, -0.15) is 5.10 Å². The number of amides is 1. The minimum Gasteiger partial charge on any atom is -0.489 e. The molecule has 0 unspecified atom stereocenters. The Hall–Kier alpha value is -3.15. The van der Waals surface area contributed by atoms with Crippen LogP contribution in [0.25, 0.3) is 5.69 Å². The van der Waals surface area contributed by atoms with E-state index in [2.05, 4.69) is 10.4 Å². The smallest absolute Gasteiger partial charge is 0.280 e. The number of aryl methyl sites for hydroxylation is 1. The van der Waals surface area contributed by atoms with Gasteiger partial charge in [-0.3, -0.25) is 4.79 Å². The third-order valence-corrected chi connectivity index (χ3v) is 3.84. The summed E-state index contributed by atoms with van der Waals surface area (Å²) in [6.45, 7) is 4.37. The fourth-order valence-electron chi connectivity index (χ4n) is 2.45. The first kappa shape index (κ1) is 17.7. The molecule has 0 aliphatic rings. The third kappa shape index (κ3) is 3.91. The molecule has 1 aromatic heterocycles. The van der Waals surface area contributed by atoms with E-state index in [0.717, 1.165) is 17.7 Å². The third-order valence-electron chi connectivity index (χ3n) is 3.84. The van der Waals surface area contributed by atoms with Gasteiger partial charge in [-0.25, -0.2) is 9.07 Å². The maximum Gasteiger partial charge on any atom is 0.280 e. The van der Waals surface area contributed by atoms with E-state index in [1.807, 2.05) is 38.1 Å². The number of rotatable bonds is 6. The van der Waals surface area contributed by atoms with Gasteiger partial charge in [-0.05, 0) is 49.2 Å². The predicted molar refractivity (Wildman–Crippen MR) is 98.4 cm³/mol. The van der Waals surface area contributed by atoms with Gasteiger partial charge in [0.1, 0.15) is 5.82 Å². The van der Waals surface area contributed by atoms with E-state index in [-0.39, 0.29) is 17.4 Å². The monoisotopic (exact) mass is 353 g/mol. The predicted octanol–water partition coefficient (Wildman–Crippen LogP) is 4.36. The van der Waals surface area contributed by atoms with Crippen LogP contribution in [0.1, 0.15) is 29.4 Å². The Balaban J connectivity index is 1.92. The van der Waals surface area contributed by atoms with Gasteiger partial charge in [0.25, 0.3) is 5.91 Å². The van der Waals surface area contributed by atoms with Gasteiger partial charge in [0.05, 0.1) is 18.5 Å². The standard InChI is InChI=1S/C20H20FN3O2/c1-3-12-26-18-13-24(16-10-8-15(21)9-11-16)23-19(18)20(25)22-17-7-5-4-6-14(17)2/h4-11,13H,3,12H2,1-2H3,(H,22,25). The molecular formula is C20H20FN3O2. The average Bonchev–Trinajstić information content (AvgIpc) is 3.07. The summed E-state index contributed by atoms with van der Waals surface area (Å²) in [6.07, 6.45) is 2.44. The van der Waals surface area contributed by atoms with Crippen LogP contribution in [0.4, 0.5) is 10.1 Å². The minimum absolute atomic E-state index is 0.186. The van der Waals surface area contributed by atoms with Crippen LogP contribution in [0.3, 0.4) is 0 Å². The number of nitrogens with one attached hydrogen (secondary N) is 1. The van der Waals surface area contributed by atoms with Crippen LogP contribution in [0, 0.1) is 12.7 Å². The second-order valence-corrected chi connectivity index (χ2v) is 5.88. The number of benzene rings is 2. The van der Waals surface area contributed by atoms with Crippen LogP contribution < -0.4 is 10.1 Å². The molecule has 3 rings (SSSR count). The average molecular weight is 353 g/mol. The lowest BCUT2D eigenvalue weighted by atomic mass is 10.2. The van der Waals surface area contributed by atoms with Gasteiger partial charge in [-0.1, -0.05) is 25.1 Å². The number of hydrogen-bond donors (Lipinski definition) is 1. The van der Waals surface area contributed by atoms with Crippen molar-refractivity contribution in [2.75, 3.05) is 11.9 Å². The number of anilines is 1. The van der Waals surface area contributed by atoms with Gasteiger partial charge < -0.3 is 10.1 Å². The van der Waals surface area contributed by atoms with Crippen LogP contribution >= 0.6 is 0 Å². The van der Waals surface area contributed by atoms with Crippen molar-refractivity contribution < 1.29 is 13.9 Å². The quantitative estimate of drug-likeness (QED) is 0.716. The molecule has 26 heavy (non-hydrogen) atoms. The van der Waals surface area contributed by atoms with E-state index >= 15 is 0 Å². The number of carbonyl (C=O) groups is 1. The molecule has 0 fully saturated rings. The van der Waals surface area contributed by atoms with Crippen LogP contribution in [-0.2, 0) is 0 Å². The summed E-state index contributed by atoms with van der Waals surface area (Å²) < 4.78 is 20.3. The van der Waals surface area contributed by atoms with Gasteiger partial charge in [-0.15, -0.1) is 0 Å². The lowest BCUT2D eigenvalue weighted by molar-refractivity contribution is 0.101. The minimum atomic E-state index is -0.355. The summed E-state index contributed by atoms with van der Waals surface area (Å²) in [5.74, 6) is -0.297. The maximum atomic E-state index is 13.1. The number of nitrogens with zero attached hydrogens (tertiary/aromatic N) is 2. The van der Waals surface area contributed by atoms with Crippen LogP contribution in [-0.4, -0.2) is 22.3 Å². The first-order chi connectivity index (χ1) is 12.6. The van der Waals surface area contributed by atoms with Crippen molar-refractivity contribution in [1.29, 1.82) is 0 Å². The van der Waals surface area contributed by atoms with E-state index in [0.29, 0.717) is 18.0 Å². The molecule has 0 saturated heterocycles. The second-order valence-electron chi connectivity index (χ2n) is 5.88. The Morgan fingerprint density at radius 3 is 2.62 bits per heavy atom. The fraction of sp³-hybridized carbons (Fsp3) is 0.200. The molecule has 1 heterocycles.